The van der Waals surface area contributed by atoms with Crippen LogP contribution in [-0.2, 0) is 25.7 Å². The van der Waals surface area contributed by atoms with Crippen LogP contribution < -0.4 is 10.6 Å². The van der Waals surface area contributed by atoms with Crippen molar-refractivity contribution in [3.8, 4) is 0 Å². The number of amides is 4. The number of hydrogen-bond acceptors (Lipinski definition) is 6. The lowest BCUT2D eigenvalue weighted by Crippen LogP contribution is -2.42. The lowest BCUT2D eigenvalue weighted by atomic mass is 10.2. The summed E-state index contributed by atoms with van der Waals surface area (Å²) in [6.45, 7) is -0.135. The number of carbonyl (C=O) groups excluding carboxylic acids is 4. The lowest BCUT2D eigenvalue weighted by Gasteiger charge is -2.19. The van der Waals surface area contributed by atoms with E-state index in [4.69, 9.17) is 9.15 Å². The van der Waals surface area contributed by atoms with Crippen molar-refractivity contribution in [2.75, 3.05) is 19.7 Å². The standard InChI is InChI=1S/C16H21N3O6/c20-13(18-16(23)17-9-12-5-4-8-24-12)11-25-15(22)10-19-7-3-1-2-6-14(19)21/h4-5,8H,1-3,6-7,9-11H2,(H2,17,18,20,23). The number of nitrogens with one attached hydrogen (secondary N) is 2. The fourth-order valence-corrected chi connectivity index (χ4v) is 2.34. The topological polar surface area (TPSA) is 118 Å². The minimum Gasteiger partial charge on any atom is -0.467 e. The van der Waals surface area contributed by atoms with E-state index < -0.39 is 24.5 Å². The fourth-order valence-electron chi connectivity index (χ4n) is 2.34. The minimum atomic E-state index is -0.757. The lowest BCUT2D eigenvalue weighted by molar-refractivity contribution is -0.152. The van der Waals surface area contributed by atoms with E-state index in [0.29, 0.717) is 18.7 Å². The van der Waals surface area contributed by atoms with Crippen molar-refractivity contribution in [2.24, 2.45) is 0 Å². The van der Waals surface area contributed by atoms with Crippen LogP contribution in [0.4, 0.5) is 4.79 Å². The zero-order valence-corrected chi connectivity index (χ0v) is 13.8. The van der Waals surface area contributed by atoms with Crippen molar-refractivity contribution in [3.63, 3.8) is 0 Å². The zero-order valence-electron chi connectivity index (χ0n) is 13.8. The van der Waals surface area contributed by atoms with Crippen molar-refractivity contribution < 1.29 is 28.3 Å². The minimum absolute atomic E-state index is 0.0868. The normalized spacial score (nSPS) is 14.6. The molecule has 0 unspecified atom stereocenters. The molecule has 0 spiro atoms. The van der Waals surface area contributed by atoms with Crippen LogP contribution in [-0.4, -0.2) is 48.4 Å². The number of nitrogens with zero attached hydrogens (tertiary/aromatic N) is 1. The molecule has 4 amide bonds. The van der Waals surface area contributed by atoms with Gasteiger partial charge in [-0.25, -0.2) is 4.79 Å². The quantitative estimate of drug-likeness (QED) is 0.723. The van der Waals surface area contributed by atoms with Gasteiger partial charge in [0.1, 0.15) is 12.3 Å². The van der Waals surface area contributed by atoms with Gasteiger partial charge in [-0.3, -0.25) is 19.7 Å². The molecular formula is C16H21N3O6. The summed E-state index contributed by atoms with van der Waals surface area (Å²) in [5, 5.41) is 4.46. The number of rotatable bonds is 6. The van der Waals surface area contributed by atoms with E-state index in [1.165, 1.54) is 11.2 Å². The van der Waals surface area contributed by atoms with Crippen LogP contribution in [0.2, 0.25) is 0 Å². The van der Waals surface area contributed by atoms with E-state index in [1.54, 1.807) is 12.1 Å². The van der Waals surface area contributed by atoms with Crippen molar-refractivity contribution in [2.45, 2.75) is 32.2 Å². The molecule has 2 rings (SSSR count). The first-order valence-electron chi connectivity index (χ1n) is 8.08. The third-order valence-corrected chi connectivity index (χ3v) is 3.61. The van der Waals surface area contributed by atoms with Gasteiger partial charge in [0, 0.05) is 13.0 Å². The SMILES string of the molecule is O=C(COC(=O)CN1CCCCCC1=O)NC(=O)NCc1ccco1. The summed E-state index contributed by atoms with van der Waals surface area (Å²) in [5.74, 6) is -0.985. The molecule has 1 aromatic heterocycles. The molecule has 0 radical (unpaired) electrons. The number of imide groups is 1. The second-order valence-electron chi connectivity index (χ2n) is 5.60. The maximum atomic E-state index is 11.8. The molecule has 0 atom stereocenters. The second kappa shape index (κ2) is 9.45. The third kappa shape index (κ3) is 6.66. The molecule has 0 aromatic carbocycles. The first kappa shape index (κ1) is 18.5. The Kier molecular flexibility index (Phi) is 7.00. The highest BCUT2D eigenvalue weighted by atomic mass is 16.5. The van der Waals surface area contributed by atoms with E-state index in [0.717, 1.165) is 19.3 Å². The number of urea groups is 1. The summed E-state index contributed by atoms with van der Waals surface area (Å²) in [6.07, 6.45) is 4.50. The van der Waals surface area contributed by atoms with Crippen LogP contribution in [0.25, 0.3) is 0 Å². The molecule has 9 nitrogen and oxygen atoms in total. The molecule has 1 aromatic rings. The van der Waals surface area contributed by atoms with Gasteiger partial charge in [-0.05, 0) is 25.0 Å². The summed E-state index contributed by atoms with van der Waals surface area (Å²) in [4.78, 5) is 48.0. The highest BCUT2D eigenvalue weighted by molar-refractivity contribution is 5.95. The van der Waals surface area contributed by atoms with Crippen molar-refractivity contribution in [3.05, 3.63) is 24.2 Å². The molecule has 2 N–H and O–H groups in total. The second-order valence-corrected chi connectivity index (χ2v) is 5.60. The van der Waals surface area contributed by atoms with Crippen LogP contribution in [0.1, 0.15) is 31.4 Å². The molecule has 0 bridgehead atoms. The molecule has 2 heterocycles. The smallest absolute Gasteiger partial charge is 0.326 e. The molecule has 1 saturated heterocycles. The summed E-state index contributed by atoms with van der Waals surface area (Å²) in [6, 6.07) is 2.63. The van der Waals surface area contributed by atoms with Gasteiger partial charge in [-0.15, -0.1) is 0 Å². The maximum absolute atomic E-state index is 11.8. The van der Waals surface area contributed by atoms with Crippen LogP contribution >= 0.6 is 0 Å². The number of esters is 1. The summed E-state index contributed by atoms with van der Waals surface area (Å²) >= 11 is 0. The number of likely N-dealkylation sites (tertiary alicyclic amines) is 1. The Balaban J connectivity index is 1.63. The van der Waals surface area contributed by atoms with Gasteiger partial charge < -0.3 is 19.4 Å². The summed E-state index contributed by atoms with van der Waals surface area (Å²) in [5.41, 5.74) is 0. The number of hydrogen-bond donors (Lipinski definition) is 2. The van der Waals surface area contributed by atoms with Crippen LogP contribution in [0.5, 0.6) is 0 Å². The first-order chi connectivity index (χ1) is 12.0. The van der Waals surface area contributed by atoms with E-state index >= 15 is 0 Å². The monoisotopic (exact) mass is 351 g/mol. The molecule has 9 heteroatoms. The molecule has 25 heavy (non-hydrogen) atoms. The molecule has 1 aliphatic heterocycles. The highest BCUT2D eigenvalue weighted by Crippen LogP contribution is 2.10. The molecule has 1 aliphatic rings. The van der Waals surface area contributed by atoms with Gasteiger partial charge in [-0.2, -0.15) is 0 Å². The average Bonchev–Trinajstić information content (AvgIpc) is 3.02. The Hall–Kier alpha value is -2.84. The van der Waals surface area contributed by atoms with Crippen LogP contribution in [0.15, 0.2) is 22.8 Å². The van der Waals surface area contributed by atoms with Gasteiger partial charge in [0.15, 0.2) is 6.61 Å². The molecule has 136 valence electrons. The van der Waals surface area contributed by atoms with E-state index in [1.807, 2.05) is 5.32 Å². The van der Waals surface area contributed by atoms with E-state index in [-0.39, 0.29) is 19.0 Å². The van der Waals surface area contributed by atoms with Crippen LogP contribution in [0, 0.1) is 0 Å². The predicted molar refractivity (Wildman–Crippen MR) is 85.1 cm³/mol. The van der Waals surface area contributed by atoms with Crippen molar-refractivity contribution in [1.29, 1.82) is 0 Å². The third-order valence-electron chi connectivity index (χ3n) is 3.61. The van der Waals surface area contributed by atoms with Crippen molar-refractivity contribution >= 4 is 23.8 Å². The van der Waals surface area contributed by atoms with Gasteiger partial charge in [0.05, 0.1) is 12.8 Å². The summed E-state index contributed by atoms with van der Waals surface area (Å²) in [7, 11) is 0. The van der Waals surface area contributed by atoms with Gasteiger partial charge in [0.2, 0.25) is 5.91 Å². The van der Waals surface area contributed by atoms with E-state index in [2.05, 4.69) is 5.32 Å². The summed E-state index contributed by atoms with van der Waals surface area (Å²) < 4.78 is 9.83. The Morgan fingerprint density at radius 3 is 2.84 bits per heavy atom. The number of furan rings is 1. The average molecular weight is 351 g/mol. The Morgan fingerprint density at radius 1 is 1.24 bits per heavy atom. The van der Waals surface area contributed by atoms with Gasteiger partial charge >= 0.3 is 12.0 Å². The Morgan fingerprint density at radius 2 is 2.08 bits per heavy atom. The highest BCUT2D eigenvalue weighted by Gasteiger charge is 2.20. The van der Waals surface area contributed by atoms with Crippen LogP contribution in [0.3, 0.4) is 0 Å². The number of carbonyl (C=O) groups is 4. The van der Waals surface area contributed by atoms with E-state index in [9.17, 15) is 19.2 Å². The molecule has 1 fully saturated rings. The Labute approximate surface area is 144 Å². The first-order valence-corrected chi connectivity index (χ1v) is 8.08. The molecule has 0 saturated carbocycles. The van der Waals surface area contributed by atoms with Gasteiger partial charge in [-0.1, -0.05) is 6.42 Å². The molecule has 0 aliphatic carbocycles. The Bertz CT molecular complexity index is 613. The largest absolute Gasteiger partial charge is 0.467 e. The predicted octanol–water partition coefficient (Wildman–Crippen LogP) is 0.551. The maximum Gasteiger partial charge on any atom is 0.326 e. The molecular weight excluding hydrogens is 330 g/mol. The van der Waals surface area contributed by atoms with Gasteiger partial charge in [0.25, 0.3) is 5.91 Å². The fraction of sp³-hybridized carbons (Fsp3) is 0.500. The number of ether oxygens (including phenoxy) is 1. The van der Waals surface area contributed by atoms with Crippen molar-refractivity contribution in [1.82, 2.24) is 15.5 Å². The zero-order chi connectivity index (χ0) is 18.1.